The van der Waals surface area contributed by atoms with Crippen molar-refractivity contribution in [2.45, 2.75) is 95.2 Å². The van der Waals surface area contributed by atoms with Gasteiger partial charge in [0.2, 0.25) is 5.91 Å². The fraction of sp³-hybridized carbons (Fsp3) is 0.548. The van der Waals surface area contributed by atoms with E-state index in [4.69, 9.17) is 23.2 Å². The molecule has 216 valence electrons. The van der Waals surface area contributed by atoms with E-state index < -0.39 is 46.6 Å². The molecule has 2 aliphatic heterocycles. The van der Waals surface area contributed by atoms with Gasteiger partial charge in [0.1, 0.15) is 17.0 Å². The molecule has 40 heavy (non-hydrogen) atoms. The van der Waals surface area contributed by atoms with Crippen LogP contribution in [0.5, 0.6) is 0 Å². The maximum atomic E-state index is 15.9. The fourth-order valence-electron chi connectivity index (χ4n) is 7.13. The summed E-state index contributed by atoms with van der Waals surface area (Å²) in [7, 11) is 0. The van der Waals surface area contributed by atoms with Crippen LogP contribution >= 0.6 is 23.2 Å². The van der Waals surface area contributed by atoms with E-state index in [9.17, 15) is 14.7 Å². The summed E-state index contributed by atoms with van der Waals surface area (Å²) in [5, 5.41) is 16.5. The van der Waals surface area contributed by atoms with Crippen molar-refractivity contribution in [2.24, 2.45) is 11.3 Å². The van der Waals surface area contributed by atoms with Crippen LogP contribution in [-0.4, -0.2) is 34.5 Å². The molecule has 3 N–H and O–H groups in total. The van der Waals surface area contributed by atoms with E-state index in [2.05, 4.69) is 10.6 Å². The maximum absolute atomic E-state index is 15.9. The topological polar surface area (TPSA) is 78.4 Å². The summed E-state index contributed by atoms with van der Waals surface area (Å²) in [4.78, 5) is 28.3. The first-order valence-electron chi connectivity index (χ1n) is 13.9. The minimum atomic E-state index is -1.49. The van der Waals surface area contributed by atoms with Gasteiger partial charge in [-0.15, -0.1) is 0 Å². The van der Waals surface area contributed by atoms with Crippen molar-refractivity contribution < 1.29 is 23.5 Å². The van der Waals surface area contributed by atoms with Crippen molar-refractivity contribution >= 4 is 40.6 Å². The third-order valence-corrected chi connectivity index (χ3v) is 9.62. The maximum Gasteiger partial charge on any atom is 0.237 e. The number of hydrogen-bond donors (Lipinski definition) is 3. The predicted octanol–water partition coefficient (Wildman–Crippen LogP) is 6.92. The first-order valence-corrected chi connectivity index (χ1v) is 14.7. The lowest BCUT2D eigenvalue weighted by Crippen LogP contribution is -2.49. The molecule has 9 heteroatoms. The van der Waals surface area contributed by atoms with Crippen LogP contribution in [0.4, 0.5) is 14.5 Å². The second-order valence-electron chi connectivity index (χ2n) is 13.3. The molecule has 2 fully saturated rings. The average Bonchev–Trinajstić information content (AvgIpc) is 3.32. The van der Waals surface area contributed by atoms with Gasteiger partial charge in [0.25, 0.3) is 0 Å². The van der Waals surface area contributed by atoms with Crippen LogP contribution < -0.4 is 10.6 Å². The number of anilines is 1. The Morgan fingerprint density at radius 2 is 1.80 bits per heavy atom. The summed E-state index contributed by atoms with van der Waals surface area (Å²) in [5.74, 6) is -2.88. The highest BCUT2D eigenvalue weighted by molar-refractivity contribution is 6.31. The van der Waals surface area contributed by atoms with Crippen LogP contribution in [0.3, 0.4) is 0 Å². The molecule has 1 saturated heterocycles. The Balaban J connectivity index is 1.67. The summed E-state index contributed by atoms with van der Waals surface area (Å²) < 4.78 is 30.9. The molecular formula is C31H36Cl2F2N2O3. The zero-order valence-corrected chi connectivity index (χ0v) is 24.7. The summed E-state index contributed by atoms with van der Waals surface area (Å²) in [5.41, 5.74) is -1.67. The summed E-state index contributed by atoms with van der Waals surface area (Å²) >= 11 is 12.3. The van der Waals surface area contributed by atoms with Crippen molar-refractivity contribution in [3.8, 4) is 0 Å². The molecule has 3 aliphatic rings. The van der Waals surface area contributed by atoms with Gasteiger partial charge in [0.15, 0.2) is 5.78 Å². The van der Waals surface area contributed by atoms with E-state index in [1.165, 1.54) is 18.2 Å². The van der Waals surface area contributed by atoms with Crippen molar-refractivity contribution in [1.82, 2.24) is 5.32 Å². The van der Waals surface area contributed by atoms with Gasteiger partial charge in [-0.25, -0.2) is 8.78 Å². The van der Waals surface area contributed by atoms with Gasteiger partial charge in [-0.05, 0) is 79.7 Å². The number of nitrogens with one attached hydrogen (secondary N) is 2. The second kappa shape index (κ2) is 10.3. The number of hydrogen-bond acceptors (Lipinski definition) is 4. The average molecular weight is 594 g/mol. The number of amides is 1. The van der Waals surface area contributed by atoms with Gasteiger partial charge in [0.05, 0.1) is 21.7 Å². The number of Topliss-reactive ketones (excluding diaryl/α,β-unsaturated/α-hetero) is 1. The molecule has 0 radical (unpaired) electrons. The van der Waals surface area contributed by atoms with E-state index >= 15 is 8.78 Å². The van der Waals surface area contributed by atoms with E-state index in [1.807, 2.05) is 27.7 Å². The number of halogens is 4. The van der Waals surface area contributed by atoms with E-state index in [0.717, 1.165) is 0 Å². The number of fused-ring (bicyclic) bond motifs is 2. The first-order chi connectivity index (χ1) is 18.6. The van der Waals surface area contributed by atoms with Crippen molar-refractivity contribution in [3.63, 3.8) is 0 Å². The van der Waals surface area contributed by atoms with Crippen LogP contribution in [0, 0.1) is 23.0 Å². The molecule has 2 aromatic carbocycles. The molecule has 0 aromatic heterocycles. The lowest BCUT2D eigenvalue weighted by molar-refractivity contribution is -0.123. The Bertz CT molecular complexity index is 1350. The monoisotopic (exact) mass is 592 g/mol. The quantitative estimate of drug-likeness (QED) is 0.352. The number of carbonyl (C=O) groups excluding carboxylic acids is 2. The number of rotatable bonds is 5. The standard InChI is InChI=1S/C31H36Cl2F2N2O3/c1-29(2,3)15-24-31(18-13-21(34)20(33)14-22(18)36-28(31)39)25(17-6-5-7-19(32)26(17)35)27(37-24)23(38)12-16-8-10-30(4,40)11-9-16/h5-7,13-14,16,24-25,27,37,40H,8-12,15H2,1-4H3,(H,36,39)/t16?,24-,25+,27+,30?,31+/m1/s1. The highest BCUT2D eigenvalue weighted by atomic mass is 35.5. The van der Waals surface area contributed by atoms with Gasteiger partial charge < -0.3 is 15.7 Å². The molecule has 0 unspecified atom stereocenters. The van der Waals surface area contributed by atoms with Gasteiger partial charge in [0, 0.05) is 24.1 Å². The Kier molecular flexibility index (Phi) is 7.61. The van der Waals surface area contributed by atoms with E-state index in [-0.39, 0.29) is 39.1 Å². The van der Waals surface area contributed by atoms with Crippen LogP contribution in [0.15, 0.2) is 30.3 Å². The second-order valence-corrected chi connectivity index (χ2v) is 14.1. The fourth-order valence-corrected chi connectivity index (χ4v) is 7.48. The number of ketones is 1. The SMILES string of the molecule is CC(C)(C)C[C@H]1N[C@@H](C(=O)CC2CCC(C)(O)CC2)[C@H](c2cccc(Cl)c2F)[C@@]12C(=O)Nc1cc(Cl)c(F)cc12. The Labute approximate surface area is 244 Å². The van der Waals surface area contributed by atoms with E-state index in [0.29, 0.717) is 43.4 Å². The summed E-state index contributed by atoms with van der Waals surface area (Å²) in [6, 6.07) is 5.68. The Hall–Kier alpha value is -2.06. The lowest BCUT2D eigenvalue weighted by atomic mass is 9.62. The van der Waals surface area contributed by atoms with Crippen molar-refractivity contribution in [2.75, 3.05) is 5.32 Å². The van der Waals surface area contributed by atoms with Crippen LogP contribution in [-0.2, 0) is 15.0 Å². The normalized spacial score (nSPS) is 31.9. The Morgan fingerprint density at radius 3 is 2.45 bits per heavy atom. The van der Waals surface area contributed by atoms with Gasteiger partial charge in [-0.2, -0.15) is 0 Å². The van der Waals surface area contributed by atoms with Gasteiger partial charge in [-0.3, -0.25) is 9.59 Å². The number of benzene rings is 2. The summed E-state index contributed by atoms with van der Waals surface area (Å²) in [6.45, 7) is 7.88. The molecule has 4 atom stereocenters. The molecular weight excluding hydrogens is 557 g/mol. The lowest BCUT2D eigenvalue weighted by Gasteiger charge is -2.38. The molecule has 2 aromatic rings. The zero-order valence-electron chi connectivity index (χ0n) is 23.2. The molecule has 2 heterocycles. The molecule has 1 spiro atoms. The molecule has 1 amide bonds. The third-order valence-electron chi connectivity index (χ3n) is 9.04. The van der Waals surface area contributed by atoms with Crippen molar-refractivity contribution in [1.29, 1.82) is 0 Å². The highest BCUT2D eigenvalue weighted by Crippen LogP contribution is 2.57. The van der Waals surface area contributed by atoms with Crippen LogP contribution in [0.1, 0.15) is 83.3 Å². The highest BCUT2D eigenvalue weighted by Gasteiger charge is 2.66. The first kappa shape index (κ1) is 29.4. The molecule has 1 saturated carbocycles. The van der Waals surface area contributed by atoms with Crippen LogP contribution in [0.25, 0.3) is 0 Å². The third kappa shape index (κ3) is 5.08. The predicted molar refractivity (Wildman–Crippen MR) is 153 cm³/mol. The smallest absolute Gasteiger partial charge is 0.237 e. The summed E-state index contributed by atoms with van der Waals surface area (Å²) in [6.07, 6.45) is 3.28. The molecule has 1 aliphatic carbocycles. The molecule has 0 bridgehead atoms. The van der Waals surface area contributed by atoms with Gasteiger partial charge >= 0.3 is 0 Å². The Morgan fingerprint density at radius 1 is 1.12 bits per heavy atom. The zero-order chi connectivity index (χ0) is 29.2. The van der Waals surface area contributed by atoms with Gasteiger partial charge in [-0.1, -0.05) is 56.1 Å². The number of aliphatic hydroxyl groups is 1. The van der Waals surface area contributed by atoms with Crippen molar-refractivity contribution in [3.05, 3.63) is 63.1 Å². The van der Waals surface area contributed by atoms with Crippen LogP contribution in [0.2, 0.25) is 10.0 Å². The minimum Gasteiger partial charge on any atom is -0.390 e. The van der Waals surface area contributed by atoms with E-state index in [1.54, 1.807) is 12.1 Å². The largest absolute Gasteiger partial charge is 0.390 e. The molecule has 5 nitrogen and oxygen atoms in total. The minimum absolute atomic E-state index is 0.0675. The molecule has 5 rings (SSSR count). The number of carbonyl (C=O) groups is 2.